The summed E-state index contributed by atoms with van der Waals surface area (Å²) in [6.45, 7) is 1.16. The van der Waals surface area contributed by atoms with E-state index < -0.39 is 35.8 Å². The number of nitrogens with two attached hydrogens (primary N) is 1. The third-order valence-electron chi connectivity index (χ3n) is 1.49. The molecule has 4 nitrogen and oxygen atoms in total. The van der Waals surface area contributed by atoms with Gasteiger partial charge in [-0.2, -0.15) is 0 Å². The first-order valence-electron chi connectivity index (χ1n) is 4.14. The van der Waals surface area contributed by atoms with Crippen molar-refractivity contribution >= 4 is 11.7 Å². The number of hydrogen-bond donors (Lipinski definition) is 2. The van der Waals surface area contributed by atoms with Crippen molar-refractivity contribution in [2.24, 2.45) is 5.73 Å². The first-order chi connectivity index (χ1) is 7.32. The van der Waals surface area contributed by atoms with Crippen molar-refractivity contribution in [2.45, 2.75) is 19.8 Å². The van der Waals surface area contributed by atoms with Gasteiger partial charge in [0.2, 0.25) is 0 Å². The lowest BCUT2D eigenvalue weighted by atomic mass is 10.1. The second-order valence-electron chi connectivity index (χ2n) is 2.57. The molecule has 0 radical (unpaired) electrons. The van der Waals surface area contributed by atoms with Crippen LogP contribution in [0.4, 0.5) is 17.6 Å². The van der Waals surface area contributed by atoms with Gasteiger partial charge in [0.15, 0.2) is 0 Å². The minimum Gasteiger partial charge on any atom is -0.462 e. The number of halogens is 4. The van der Waals surface area contributed by atoms with Crippen LogP contribution in [0.15, 0.2) is 11.3 Å². The molecule has 0 heterocycles. The number of allylic oxidation sites excluding steroid dienone is 1. The van der Waals surface area contributed by atoms with Crippen LogP contribution in [0.5, 0.6) is 0 Å². The summed E-state index contributed by atoms with van der Waals surface area (Å²) in [5.74, 6) is -1.45. The van der Waals surface area contributed by atoms with E-state index in [4.69, 9.17) is 11.1 Å². The van der Waals surface area contributed by atoms with Crippen LogP contribution in [-0.2, 0) is 9.53 Å². The monoisotopic (exact) mass is 242 g/mol. The Morgan fingerprint density at radius 1 is 1.31 bits per heavy atom. The predicted octanol–water partition coefficient (Wildman–Crippen LogP) is 1.31. The number of rotatable bonds is 5. The molecule has 0 atom stereocenters. The van der Waals surface area contributed by atoms with Gasteiger partial charge in [0, 0.05) is 0 Å². The Labute approximate surface area is 88.6 Å². The van der Waals surface area contributed by atoms with Crippen molar-refractivity contribution in [1.82, 2.24) is 0 Å². The second kappa shape index (κ2) is 6.09. The van der Waals surface area contributed by atoms with Gasteiger partial charge in [0.25, 0.3) is 12.9 Å². The Kier molecular flexibility index (Phi) is 5.48. The highest BCUT2D eigenvalue weighted by Crippen LogP contribution is 2.15. The molecule has 0 aromatic rings. The molecular weight excluding hydrogens is 232 g/mol. The Balaban J connectivity index is 5.30. The Morgan fingerprint density at radius 2 is 1.81 bits per heavy atom. The number of ether oxygens (including phenoxy) is 1. The number of esters is 1. The van der Waals surface area contributed by atoms with Gasteiger partial charge in [-0.05, 0) is 6.92 Å². The fraction of sp³-hybridized carbons (Fsp3) is 0.500. The molecule has 8 heteroatoms. The van der Waals surface area contributed by atoms with E-state index in [0.29, 0.717) is 0 Å². The van der Waals surface area contributed by atoms with E-state index in [9.17, 15) is 22.4 Å². The van der Waals surface area contributed by atoms with Crippen LogP contribution in [-0.4, -0.2) is 31.1 Å². The van der Waals surface area contributed by atoms with E-state index in [1.54, 1.807) is 0 Å². The first kappa shape index (κ1) is 14.4. The van der Waals surface area contributed by atoms with Crippen LogP contribution in [0.2, 0.25) is 0 Å². The molecule has 92 valence electrons. The zero-order valence-electron chi connectivity index (χ0n) is 8.27. The zero-order chi connectivity index (χ0) is 12.9. The fourth-order valence-corrected chi connectivity index (χ4v) is 0.805. The molecule has 3 N–H and O–H groups in total. The molecule has 0 aliphatic carbocycles. The highest BCUT2D eigenvalue weighted by Gasteiger charge is 2.29. The lowest BCUT2D eigenvalue weighted by molar-refractivity contribution is -0.138. The predicted molar refractivity (Wildman–Crippen MR) is 47.6 cm³/mol. The van der Waals surface area contributed by atoms with Crippen molar-refractivity contribution in [3.05, 3.63) is 11.3 Å². The standard InChI is InChI=1S/C8H10F4N2O2/c1-2-16-8(15)3(4(13)6(9)10)5(14)7(11)12/h6-7,13H,2,14H2,1H3/b5-3+,13-4?. The number of nitrogens with one attached hydrogen (secondary N) is 1. The summed E-state index contributed by atoms with van der Waals surface area (Å²) in [6.07, 6.45) is -6.68. The molecular formula is C8H10F4N2O2. The average Bonchev–Trinajstić information content (AvgIpc) is 2.17. The number of alkyl halides is 4. The van der Waals surface area contributed by atoms with Crippen LogP contribution in [0.3, 0.4) is 0 Å². The number of hydrogen-bond acceptors (Lipinski definition) is 4. The van der Waals surface area contributed by atoms with Gasteiger partial charge in [0.05, 0.1) is 12.3 Å². The molecule has 0 aliphatic heterocycles. The summed E-state index contributed by atoms with van der Waals surface area (Å²) in [5.41, 5.74) is 0.555. The van der Waals surface area contributed by atoms with E-state index in [1.807, 2.05) is 0 Å². The lowest BCUT2D eigenvalue weighted by Gasteiger charge is -2.11. The van der Waals surface area contributed by atoms with Gasteiger partial charge in [0.1, 0.15) is 11.3 Å². The smallest absolute Gasteiger partial charge is 0.342 e. The molecule has 0 unspecified atom stereocenters. The quantitative estimate of drug-likeness (QED) is 0.330. The van der Waals surface area contributed by atoms with E-state index >= 15 is 0 Å². The Bertz CT molecular complexity index is 315. The lowest BCUT2D eigenvalue weighted by Crippen LogP contribution is -2.27. The van der Waals surface area contributed by atoms with Gasteiger partial charge in [-0.25, -0.2) is 22.4 Å². The molecule has 0 fully saturated rings. The topological polar surface area (TPSA) is 76.2 Å². The SMILES string of the molecule is CCOC(=O)/C(C(=N)C(F)F)=C(/N)C(F)F. The minimum absolute atomic E-state index is 0.199. The molecule has 0 aromatic heterocycles. The minimum atomic E-state index is -3.38. The van der Waals surface area contributed by atoms with E-state index in [-0.39, 0.29) is 6.61 Å². The molecule has 0 aliphatic rings. The van der Waals surface area contributed by atoms with E-state index in [0.717, 1.165) is 0 Å². The molecule has 0 aromatic carbocycles. The normalized spacial score (nSPS) is 12.7. The molecule has 0 amide bonds. The number of carbonyl (C=O) groups excluding carboxylic acids is 1. The summed E-state index contributed by atoms with van der Waals surface area (Å²) < 4.78 is 52.9. The zero-order valence-corrected chi connectivity index (χ0v) is 8.27. The van der Waals surface area contributed by atoms with Crippen LogP contribution in [0, 0.1) is 5.41 Å². The highest BCUT2D eigenvalue weighted by molar-refractivity contribution is 6.20. The average molecular weight is 242 g/mol. The molecule has 0 rings (SSSR count). The summed E-state index contributed by atoms with van der Waals surface area (Å²) in [7, 11) is 0. The highest BCUT2D eigenvalue weighted by atomic mass is 19.3. The summed E-state index contributed by atoms with van der Waals surface area (Å²) in [5, 5.41) is 6.81. The van der Waals surface area contributed by atoms with Crippen molar-refractivity contribution in [1.29, 1.82) is 5.41 Å². The van der Waals surface area contributed by atoms with Crippen molar-refractivity contribution in [2.75, 3.05) is 6.61 Å². The third kappa shape index (κ3) is 3.52. The Morgan fingerprint density at radius 3 is 2.12 bits per heavy atom. The summed E-state index contributed by atoms with van der Waals surface area (Å²) in [4.78, 5) is 11.1. The summed E-state index contributed by atoms with van der Waals surface area (Å²) >= 11 is 0. The second-order valence-corrected chi connectivity index (χ2v) is 2.57. The maximum Gasteiger partial charge on any atom is 0.342 e. The van der Waals surface area contributed by atoms with Crippen LogP contribution in [0.25, 0.3) is 0 Å². The third-order valence-corrected chi connectivity index (χ3v) is 1.49. The van der Waals surface area contributed by atoms with E-state index in [2.05, 4.69) is 4.74 Å². The maximum atomic E-state index is 12.2. The van der Waals surface area contributed by atoms with Crippen molar-refractivity contribution in [3.63, 3.8) is 0 Å². The largest absolute Gasteiger partial charge is 0.462 e. The van der Waals surface area contributed by atoms with Crippen molar-refractivity contribution in [3.8, 4) is 0 Å². The summed E-state index contributed by atoms with van der Waals surface area (Å²) in [6, 6.07) is 0. The molecule has 0 saturated heterocycles. The van der Waals surface area contributed by atoms with Crippen LogP contribution < -0.4 is 5.73 Å². The van der Waals surface area contributed by atoms with Gasteiger partial charge >= 0.3 is 5.97 Å². The van der Waals surface area contributed by atoms with Crippen LogP contribution in [0.1, 0.15) is 6.92 Å². The maximum absolute atomic E-state index is 12.2. The fourth-order valence-electron chi connectivity index (χ4n) is 0.805. The molecule has 0 bridgehead atoms. The van der Waals surface area contributed by atoms with Gasteiger partial charge < -0.3 is 10.5 Å². The van der Waals surface area contributed by atoms with Gasteiger partial charge in [-0.1, -0.05) is 0 Å². The molecule has 16 heavy (non-hydrogen) atoms. The van der Waals surface area contributed by atoms with E-state index in [1.165, 1.54) is 6.92 Å². The van der Waals surface area contributed by atoms with Gasteiger partial charge in [-0.3, -0.25) is 5.41 Å². The molecule has 0 saturated carbocycles. The number of carbonyl (C=O) groups is 1. The first-order valence-corrected chi connectivity index (χ1v) is 4.14. The Hall–Kier alpha value is -1.60. The van der Waals surface area contributed by atoms with Gasteiger partial charge in [-0.15, -0.1) is 0 Å². The van der Waals surface area contributed by atoms with Crippen molar-refractivity contribution < 1.29 is 27.1 Å². The van der Waals surface area contributed by atoms with Crippen LogP contribution >= 0.6 is 0 Å². The molecule has 0 spiro atoms.